The molecular weight excluding hydrogens is 396 g/mol. The van der Waals surface area contributed by atoms with Crippen molar-refractivity contribution in [3.05, 3.63) is 64.2 Å². The van der Waals surface area contributed by atoms with Gasteiger partial charge in [0.15, 0.2) is 0 Å². The Balaban J connectivity index is 1.45. The number of carbonyl (C=O) groups is 1. The van der Waals surface area contributed by atoms with Crippen molar-refractivity contribution in [3.8, 4) is 5.75 Å². The Kier molecular flexibility index (Phi) is 8.23. The summed E-state index contributed by atoms with van der Waals surface area (Å²) in [5.74, 6) is 0.850. The summed E-state index contributed by atoms with van der Waals surface area (Å²) in [6.45, 7) is 3.27. The minimum absolute atomic E-state index is 0.0255. The molecule has 166 valence electrons. The molecule has 8 heteroatoms. The molecule has 2 aromatic carbocycles. The highest BCUT2D eigenvalue weighted by Crippen LogP contribution is 2.27. The summed E-state index contributed by atoms with van der Waals surface area (Å²) in [4.78, 5) is 25.1. The predicted octanol–water partition coefficient (Wildman–Crippen LogP) is 3.75. The van der Waals surface area contributed by atoms with Crippen LogP contribution in [0, 0.1) is 10.1 Å². The van der Waals surface area contributed by atoms with Crippen LogP contribution in [-0.4, -0.2) is 49.0 Å². The minimum Gasteiger partial charge on any atom is -0.497 e. The molecule has 1 saturated heterocycles. The van der Waals surface area contributed by atoms with Gasteiger partial charge >= 0.3 is 0 Å². The molecule has 0 spiro atoms. The van der Waals surface area contributed by atoms with Gasteiger partial charge < -0.3 is 15.4 Å². The van der Waals surface area contributed by atoms with Gasteiger partial charge in [0.25, 0.3) is 5.69 Å². The number of non-ortho nitro benzene ring substituents is 1. The summed E-state index contributed by atoms with van der Waals surface area (Å²) in [7, 11) is 1.66. The molecule has 1 amide bonds. The Morgan fingerprint density at radius 2 is 1.94 bits per heavy atom. The first kappa shape index (κ1) is 22.6. The van der Waals surface area contributed by atoms with E-state index in [4.69, 9.17) is 4.74 Å². The Hall–Kier alpha value is -3.13. The molecule has 0 aliphatic carbocycles. The van der Waals surface area contributed by atoms with E-state index in [0.29, 0.717) is 25.9 Å². The van der Waals surface area contributed by atoms with Gasteiger partial charge in [-0.3, -0.25) is 19.8 Å². The third-order valence-electron chi connectivity index (χ3n) is 5.54. The number of methoxy groups -OCH3 is 1. The largest absolute Gasteiger partial charge is 0.497 e. The van der Waals surface area contributed by atoms with Gasteiger partial charge in [0.2, 0.25) is 5.91 Å². The number of hydrogen-bond acceptors (Lipinski definition) is 6. The molecule has 3 rings (SSSR count). The zero-order valence-corrected chi connectivity index (χ0v) is 17.9. The van der Waals surface area contributed by atoms with Gasteiger partial charge in [-0.1, -0.05) is 12.1 Å². The van der Waals surface area contributed by atoms with Crippen LogP contribution in [0.2, 0.25) is 0 Å². The summed E-state index contributed by atoms with van der Waals surface area (Å²) >= 11 is 0. The van der Waals surface area contributed by atoms with E-state index < -0.39 is 4.92 Å². The van der Waals surface area contributed by atoms with E-state index in [2.05, 4.69) is 21.6 Å². The molecule has 1 aliphatic rings. The second kappa shape index (κ2) is 11.3. The van der Waals surface area contributed by atoms with Crippen LogP contribution in [0.3, 0.4) is 0 Å². The fourth-order valence-corrected chi connectivity index (χ4v) is 3.84. The van der Waals surface area contributed by atoms with Crippen LogP contribution in [0.4, 0.5) is 11.4 Å². The molecule has 0 saturated carbocycles. The van der Waals surface area contributed by atoms with Crippen LogP contribution in [0.15, 0.2) is 48.5 Å². The van der Waals surface area contributed by atoms with E-state index >= 15 is 0 Å². The number of ether oxygens (including phenoxy) is 1. The van der Waals surface area contributed by atoms with Crippen molar-refractivity contribution in [1.82, 2.24) is 10.2 Å². The summed E-state index contributed by atoms with van der Waals surface area (Å²) in [6, 6.07) is 14.5. The van der Waals surface area contributed by atoms with Crippen molar-refractivity contribution >= 4 is 17.3 Å². The van der Waals surface area contributed by atoms with Crippen molar-refractivity contribution in [2.75, 3.05) is 38.6 Å². The van der Waals surface area contributed by atoms with Crippen molar-refractivity contribution in [2.45, 2.75) is 31.7 Å². The zero-order chi connectivity index (χ0) is 22.1. The summed E-state index contributed by atoms with van der Waals surface area (Å²) in [6.07, 6.45) is 3.46. The standard InChI is InChI=1S/C23H30N4O4/c1-31-21-7-4-6-18(16-21)22(26-14-2-3-15-26)17-25-23(28)8-5-13-24-19-9-11-20(12-10-19)27(29)30/h4,6-7,9-12,16,22,24H,2-3,5,8,13-15,17H2,1H3,(H,25,28). The van der Waals surface area contributed by atoms with Gasteiger partial charge in [-0.25, -0.2) is 0 Å². The van der Waals surface area contributed by atoms with E-state index in [0.717, 1.165) is 30.1 Å². The molecule has 8 nitrogen and oxygen atoms in total. The Bertz CT molecular complexity index is 866. The fourth-order valence-electron chi connectivity index (χ4n) is 3.84. The quantitative estimate of drug-likeness (QED) is 0.323. The predicted molar refractivity (Wildman–Crippen MR) is 120 cm³/mol. The number of nitro benzene ring substituents is 1. The molecule has 1 fully saturated rings. The van der Waals surface area contributed by atoms with Gasteiger partial charge in [0.05, 0.1) is 18.1 Å². The highest BCUT2D eigenvalue weighted by Gasteiger charge is 2.24. The maximum absolute atomic E-state index is 12.4. The van der Waals surface area contributed by atoms with Crippen LogP contribution >= 0.6 is 0 Å². The first-order chi connectivity index (χ1) is 15.1. The van der Waals surface area contributed by atoms with Gasteiger partial charge in [0, 0.05) is 37.3 Å². The van der Waals surface area contributed by atoms with Crippen molar-refractivity contribution in [1.29, 1.82) is 0 Å². The number of nitrogens with zero attached hydrogens (tertiary/aromatic N) is 2. The number of amides is 1. The summed E-state index contributed by atoms with van der Waals surface area (Å²) in [5, 5.41) is 17.0. The lowest BCUT2D eigenvalue weighted by molar-refractivity contribution is -0.384. The number of carbonyl (C=O) groups excluding carboxylic acids is 1. The van der Waals surface area contributed by atoms with Crippen LogP contribution in [0.5, 0.6) is 5.75 Å². The molecule has 0 bridgehead atoms. The maximum atomic E-state index is 12.4. The third-order valence-corrected chi connectivity index (χ3v) is 5.54. The Morgan fingerprint density at radius 1 is 1.19 bits per heavy atom. The SMILES string of the molecule is COc1cccc(C(CNC(=O)CCCNc2ccc([N+](=O)[O-])cc2)N2CCCC2)c1. The average molecular weight is 427 g/mol. The van der Waals surface area contributed by atoms with E-state index in [1.807, 2.05) is 18.2 Å². The van der Waals surface area contributed by atoms with Gasteiger partial charge in [0.1, 0.15) is 5.75 Å². The second-order valence-corrected chi connectivity index (χ2v) is 7.67. The molecule has 1 atom stereocenters. The highest BCUT2D eigenvalue weighted by molar-refractivity contribution is 5.76. The Labute approximate surface area is 182 Å². The number of hydrogen-bond donors (Lipinski definition) is 2. The van der Waals surface area contributed by atoms with Crippen LogP contribution < -0.4 is 15.4 Å². The number of likely N-dealkylation sites (tertiary alicyclic amines) is 1. The summed E-state index contributed by atoms with van der Waals surface area (Å²) < 4.78 is 5.37. The van der Waals surface area contributed by atoms with Crippen LogP contribution in [0.25, 0.3) is 0 Å². The lowest BCUT2D eigenvalue weighted by Gasteiger charge is -2.28. The third kappa shape index (κ3) is 6.68. The van der Waals surface area contributed by atoms with Crippen molar-refractivity contribution in [3.63, 3.8) is 0 Å². The number of nitro groups is 1. The second-order valence-electron chi connectivity index (χ2n) is 7.67. The van der Waals surface area contributed by atoms with E-state index in [1.54, 1.807) is 19.2 Å². The molecule has 2 aromatic rings. The molecular formula is C23H30N4O4. The first-order valence-corrected chi connectivity index (χ1v) is 10.7. The number of rotatable bonds is 11. The lowest BCUT2D eigenvalue weighted by atomic mass is 10.0. The molecule has 0 aromatic heterocycles. The van der Waals surface area contributed by atoms with E-state index in [9.17, 15) is 14.9 Å². The monoisotopic (exact) mass is 426 g/mol. The highest BCUT2D eigenvalue weighted by atomic mass is 16.6. The van der Waals surface area contributed by atoms with Gasteiger partial charge in [-0.15, -0.1) is 0 Å². The fraction of sp³-hybridized carbons (Fsp3) is 0.435. The zero-order valence-electron chi connectivity index (χ0n) is 17.9. The minimum atomic E-state index is -0.422. The molecule has 1 heterocycles. The molecule has 1 unspecified atom stereocenters. The number of benzene rings is 2. The Morgan fingerprint density at radius 3 is 2.61 bits per heavy atom. The van der Waals surface area contributed by atoms with Crippen molar-refractivity contribution in [2.24, 2.45) is 0 Å². The molecule has 0 radical (unpaired) electrons. The topological polar surface area (TPSA) is 96.7 Å². The maximum Gasteiger partial charge on any atom is 0.269 e. The molecule has 2 N–H and O–H groups in total. The van der Waals surface area contributed by atoms with Crippen LogP contribution in [-0.2, 0) is 4.79 Å². The lowest BCUT2D eigenvalue weighted by Crippen LogP contribution is -2.36. The normalized spacial score (nSPS) is 14.7. The summed E-state index contributed by atoms with van der Waals surface area (Å²) in [5.41, 5.74) is 2.02. The van der Waals surface area contributed by atoms with Gasteiger partial charge in [-0.05, 0) is 62.2 Å². The van der Waals surface area contributed by atoms with E-state index in [-0.39, 0.29) is 17.6 Å². The van der Waals surface area contributed by atoms with Crippen LogP contribution in [0.1, 0.15) is 37.3 Å². The smallest absolute Gasteiger partial charge is 0.269 e. The first-order valence-electron chi connectivity index (χ1n) is 10.7. The average Bonchev–Trinajstić information content (AvgIpc) is 3.32. The molecule has 1 aliphatic heterocycles. The van der Waals surface area contributed by atoms with Crippen molar-refractivity contribution < 1.29 is 14.5 Å². The molecule has 31 heavy (non-hydrogen) atoms. The van der Waals surface area contributed by atoms with E-state index in [1.165, 1.54) is 25.0 Å². The number of anilines is 1. The van der Waals surface area contributed by atoms with Gasteiger partial charge in [-0.2, -0.15) is 0 Å². The number of nitrogens with one attached hydrogen (secondary N) is 2.